The average molecular weight is 412 g/mol. The van der Waals surface area contributed by atoms with Crippen LogP contribution in [0.3, 0.4) is 0 Å². The Labute approximate surface area is 173 Å². The number of benzene rings is 1. The van der Waals surface area contributed by atoms with Crippen LogP contribution in [0.4, 0.5) is 0 Å². The predicted molar refractivity (Wildman–Crippen MR) is 114 cm³/mol. The first-order chi connectivity index (χ1) is 13.8. The minimum absolute atomic E-state index is 0.0845. The van der Waals surface area contributed by atoms with Gasteiger partial charge in [-0.3, -0.25) is 4.79 Å². The molecule has 0 spiro atoms. The molecule has 0 saturated heterocycles. The fraction of sp³-hybridized carbons (Fsp3) is 0.455. The van der Waals surface area contributed by atoms with Crippen molar-refractivity contribution in [1.29, 1.82) is 0 Å². The Kier molecular flexibility index (Phi) is 5.02. The number of nitrogens with zero attached hydrogens (tertiary/aromatic N) is 3. The summed E-state index contributed by atoms with van der Waals surface area (Å²) in [5.41, 5.74) is 2.70. The van der Waals surface area contributed by atoms with Gasteiger partial charge in [0.1, 0.15) is 0 Å². The molecule has 0 N–H and O–H groups in total. The summed E-state index contributed by atoms with van der Waals surface area (Å²) in [5.74, 6) is 0.236. The molecule has 0 saturated carbocycles. The van der Waals surface area contributed by atoms with E-state index in [1.54, 1.807) is 23.5 Å². The second-order valence-electron chi connectivity index (χ2n) is 8.73. The van der Waals surface area contributed by atoms with E-state index in [4.69, 9.17) is 4.74 Å². The largest absolute Gasteiger partial charge is 0.465 e. The van der Waals surface area contributed by atoms with Crippen molar-refractivity contribution in [1.82, 2.24) is 15.0 Å². The normalized spacial score (nSPS) is 16.6. The molecule has 4 rings (SSSR count). The van der Waals surface area contributed by atoms with Crippen molar-refractivity contribution in [2.24, 2.45) is 11.3 Å². The topological polar surface area (TPSA) is 74.1 Å². The summed E-state index contributed by atoms with van der Waals surface area (Å²) in [6.07, 6.45) is 3.03. The van der Waals surface area contributed by atoms with Crippen molar-refractivity contribution in [2.45, 2.75) is 46.6 Å². The Morgan fingerprint density at radius 2 is 2.00 bits per heavy atom. The number of aromatic nitrogens is 3. The molecule has 3 aromatic rings. The second kappa shape index (κ2) is 7.37. The molecular formula is C22H25N3O3S. The van der Waals surface area contributed by atoms with Crippen molar-refractivity contribution in [2.75, 3.05) is 7.11 Å². The van der Waals surface area contributed by atoms with Crippen LogP contribution in [0, 0.1) is 11.3 Å². The number of hydrogen-bond acceptors (Lipinski definition) is 6. The maximum absolute atomic E-state index is 13.2. The van der Waals surface area contributed by atoms with Gasteiger partial charge < -0.3 is 4.74 Å². The number of carbonyl (C=O) groups excluding carboxylic acids is 1. The molecule has 2 heterocycles. The van der Waals surface area contributed by atoms with Crippen molar-refractivity contribution in [3.63, 3.8) is 0 Å². The smallest absolute Gasteiger partial charge is 0.337 e. The zero-order chi connectivity index (χ0) is 20.8. The summed E-state index contributed by atoms with van der Waals surface area (Å²) in [4.78, 5) is 26.8. The zero-order valence-corrected chi connectivity index (χ0v) is 18.0. The fourth-order valence-corrected chi connectivity index (χ4v) is 5.24. The minimum Gasteiger partial charge on any atom is -0.465 e. The van der Waals surface area contributed by atoms with Gasteiger partial charge in [-0.15, -0.1) is 16.4 Å². The molecule has 2 aromatic heterocycles. The van der Waals surface area contributed by atoms with E-state index in [9.17, 15) is 9.59 Å². The lowest BCUT2D eigenvalue weighted by Gasteiger charge is -2.33. The number of esters is 1. The van der Waals surface area contributed by atoms with Crippen LogP contribution in [0.1, 0.15) is 53.6 Å². The van der Waals surface area contributed by atoms with E-state index in [2.05, 4.69) is 31.1 Å². The number of aryl methyl sites for hydroxylation is 1. The van der Waals surface area contributed by atoms with Gasteiger partial charge in [-0.1, -0.05) is 38.1 Å². The first-order valence-corrected chi connectivity index (χ1v) is 10.6. The van der Waals surface area contributed by atoms with E-state index >= 15 is 0 Å². The highest BCUT2D eigenvalue weighted by Crippen LogP contribution is 2.41. The van der Waals surface area contributed by atoms with E-state index in [1.807, 2.05) is 12.1 Å². The molecule has 0 radical (unpaired) electrons. The molecule has 1 aliphatic carbocycles. The summed E-state index contributed by atoms with van der Waals surface area (Å²) in [6, 6.07) is 7.00. The Morgan fingerprint density at radius 3 is 2.66 bits per heavy atom. The van der Waals surface area contributed by atoms with Gasteiger partial charge in [0.2, 0.25) is 0 Å². The highest BCUT2D eigenvalue weighted by Gasteiger charge is 2.31. The Morgan fingerprint density at radius 1 is 1.28 bits per heavy atom. The van der Waals surface area contributed by atoms with Crippen molar-refractivity contribution >= 4 is 27.5 Å². The quantitative estimate of drug-likeness (QED) is 0.612. The third-order valence-corrected chi connectivity index (χ3v) is 7.01. The molecule has 0 aliphatic heterocycles. The molecule has 7 heteroatoms. The summed E-state index contributed by atoms with van der Waals surface area (Å²) in [7, 11) is 1.35. The van der Waals surface area contributed by atoms with Crippen LogP contribution in [0.25, 0.3) is 10.2 Å². The summed E-state index contributed by atoms with van der Waals surface area (Å²) < 4.78 is 6.13. The molecule has 6 nitrogen and oxygen atoms in total. The maximum atomic E-state index is 13.2. The molecule has 29 heavy (non-hydrogen) atoms. The first kappa shape index (κ1) is 19.8. The van der Waals surface area contributed by atoms with Gasteiger partial charge in [0.05, 0.1) is 24.6 Å². The van der Waals surface area contributed by atoms with Crippen LogP contribution in [-0.2, 0) is 24.1 Å². The molecule has 1 atom stereocenters. The number of ether oxygens (including phenoxy) is 1. The van der Waals surface area contributed by atoms with Gasteiger partial charge >= 0.3 is 5.97 Å². The highest BCUT2D eigenvalue weighted by atomic mass is 32.1. The number of fused-ring (bicyclic) bond motifs is 3. The molecule has 0 bridgehead atoms. The zero-order valence-electron chi connectivity index (χ0n) is 17.2. The monoisotopic (exact) mass is 411 g/mol. The van der Waals surface area contributed by atoms with E-state index in [0.29, 0.717) is 18.0 Å². The van der Waals surface area contributed by atoms with Gasteiger partial charge in [0.25, 0.3) is 5.56 Å². The Balaban J connectivity index is 1.65. The second-order valence-corrected chi connectivity index (χ2v) is 9.81. The van der Waals surface area contributed by atoms with Crippen LogP contribution >= 0.6 is 11.3 Å². The summed E-state index contributed by atoms with van der Waals surface area (Å²) in [5, 5.41) is 9.24. The molecule has 0 amide bonds. The van der Waals surface area contributed by atoms with Crippen molar-refractivity contribution in [3.8, 4) is 0 Å². The summed E-state index contributed by atoms with van der Waals surface area (Å²) in [6.45, 7) is 7.18. The van der Waals surface area contributed by atoms with Gasteiger partial charge in [-0.2, -0.15) is 0 Å². The first-order valence-electron chi connectivity index (χ1n) is 9.83. The Hall–Kier alpha value is -2.54. The number of hydrogen-bond donors (Lipinski definition) is 0. The van der Waals surface area contributed by atoms with E-state index in [0.717, 1.165) is 35.0 Å². The number of methoxy groups -OCH3 is 1. The van der Waals surface area contributed by atoms with Crippen molar-refractivity contribution in [3.05, 3.63) is 56.2 Å². The standard InChI is InChI=1S/C22H25N3O3S/c1-22(2,3)15-9-10-16-17(11-15)29-19-18(16)20(26)25(24-23-19)12-13-5-7-14(8-6-13)21(27)28-4/h5-8,15H,9-12H2,1-4H3. The number of thiophene rings is 1. The minimum atomic E-state index is -0.381. The van der Waals surface area contributed by atoms with Gasteiger partial charge in [0.15, 0.2) is 4.83 Å². The lowest BCUT2D eigenvalue weighted by molar-refractivity contribution is 0.0600. The molecule has 1 aromatic carbocycles. The molecule has 1 unspecified atom stereocenters. The number of carbonyl (C=O) groups is 1. The molecule has 152 valence electrons. The lowest BCUT2D eigenvalue weighted by atomic mass is 9.72. The average Bonchev–Trinajstić information content (AvgIpc) is 3.08. The number of rotatable bonds is 3. The van der Waals surface area contributed by atoms with Crippen LogP contribution in [0.5, 0.6) is 0 Å². The highest BCUT2D eigenvalue weighted by molar-refractivity contribution is 7.18. The van der Waals surface area contributed by atoms with Gasteiger partial charge in [-0.05, 0) is 53.9 Å². The van der Waals surface area contributed by atoms with E-state index in [-0.39, 0.29) is 16.9 Å². The van der Waals surface area contributed by atoms with Crippen LogP contribution in [-0.4, -0.2) is 28.1 Å². The lowest BCUT2D eigenvalue weighted by Crippen LogP contribution is -2.28. The van der Waals surface area contributed by atoms with Crippen LogP contribution in [0.2, 0.25) is 0 Å². The molecular weight excluding hydrogens is 386 g/mol. The predicted octanol–water partition coefficient (Wildman–Crippen LogP) is 3.84. The third kappa shape index (κ3) is 3.71. The molecule has 0 fully saturated rings. The molecule has 1 aliphatic rings. The van der Waals surface area contributed by atoms with Crippen LogP contribution < -0.4 is 5.56 Å². The van der Waals surface area contributed by atoms with Gasteiger partial charge in [0, 0.05) is 4.88 Å². The van der Waals surface area contributed by atoms with Gasteiger partial charge in [-0.25, -0.2) is 9.48 Å². The maximum Gasteiger partial charge on any atom is 0.337 e. The fourth-order valence-electron chi connectivity index (χ4n) is 4.01. The van der Waals surface area contributed by atoms with E-state index in [1.165, 1.54) is 22.2 Å². The van der Waals surface area contributed by atoms with E-state index < -0.39 is 0 Å². The van der Waals surface area contributed by atoms with Crippen LogP contribution in [0.15, 0.2) is 29.1 Å². The Bertz CT molecular complexity index is 1120. The van der Waals surface area contributed by atoms with Crippen molar-refractivity contribution < 1.29 is 9.53 Å². The SMILES string of the molecule is COC(=O)c1ccc(Cn2nnc3sc4c(c3c2=O)CCC(C(C)(C)C)C4)cc1. The third-order valence-electron chi connectivity index (χ3n) is 5.87. The summed E-state index contributed by atoms with van der Waals surface area (Å²) >= 11 is 1.62.